The highest BCUT2D eigenvalue weighted by Crippen LogP contribution is 2.33. The minimum atomic E-state index is 0.112. The number of carbonyl (C=O) groups excluding carboxylic acids is 1. The van der Waals surface area contributed by atoms with E-state index in [-0.39, 0.29) is 6.04 Å². The molecule has 3 atom stereocenters. The van der Waals surface area contributed by atoms with Crippen molar-refractivity contribution < 1.29 is 4.79 Å². The van der Waals surface area contributed by atoms with E-state index in [4.69, 9.17) is 0 Å². The first-order valence-corrected chi connectivity index (χ1v) is 7.10. The molecule has 0 bridgehead atoms. The van der Waals surface area contributed by atoms with Gasteiger partial charge in [-0.05, 0) is 25.2 Å². The zero-order valence-corrected chi connectivity index (χ0v) is 10.5. The molecule has 2 heterocycles. The highest BCUT2D eigenvalue weighted by Gasteiger charge is 2.39. The summed E-state index contributed by atoms with van der Waals surface area (Å²) in [5, 5.41) is 6.87. The van der Waals surface area contributed by atoms with Gasteiger partial charge in [-0.3, -0.25) is 4.79 Å². The molecule has 4 heteroatoms. The molecular formula is C13H23N3O. The van der Waals surface area contributed by atoms with Crippen LogP contribution in [0.2, 0.25) is 0 Å². The maximum absolute atomic E-state index is 12.4. The van der Waals surface area contributed by atoms with Gasteiger partial charge in [0.05, 0.1) is 6.04 Å². The van der Waals surface area contributed by atoms with Crippen LogP contribution in [0.5, 0.6) is 0 Å². The summed E-state index contributed by atoms with van der Waals surface area (Å²) in [6.07, 6.45) is 6.37. The lowest BCUT2D eigenvalue weighted by Gasteiger charge is -2.30. The van der Waals surface area contributed by atoms with Crippen LogP contribution in [-0.4, -0.2) is 49.1 Å². The molecule has 1 saturated carbocycles. The lowest BCUT2D eigenvalue weighted by atomic mass is 9.85. The van der Waals surface area contributed by atoms with E-state index < -0.39 is 0 Å². The zero-order valence-electron chi connectivity index (χ0n) is 10.5. The SMILES string of the molecule is O=C(C1CC2CCCCC2N1)N1CCNCC1. The summed E-state index contributed by atoms with van der Waals surface area (Å²) in [6, 6.07) is 0.738. The van der Waals surface area contributed by atoms with Crippen molar-refractivity contribution in [1.29, 1.82) is 0 Å². The van der Waals surface area contributed by atoms with Crippen LogP contribution in [0.1, 0.15) is 32.1 Å². The first kappa shape index (κ1) is 11.5. The van der Waals surface area contributed by atoms with Gasteiger partial charge in [0.2, 0.25) is 5.91 Å². The maximum atomic E-state index is 12.4. The molecule has 2 aliphatic heterocycles. The van der Waals surface area contributed by atoms with E-state index in [1.165, 1.54) is 25.7 Å². The Bertz CT molecular complexity index is 274. The van der Waals surface area contributed by atoms with Gasteiger partial charge in [-0.1, -0.05) is 12.8 Å². The molecule has 3 rings (SSSR count). The van der Waals surface area contributed by atoms with E-state index in [1.807, 2.05) is 4.90 Å². The Kier molecular flexibility index (Phi) is 3.34. The third-order valence-corrected chi connectivity index (χ3v) is 4.59. The average Bonchev–Trinajstić information content (AvgIpc) is 2.82. The second-order valence-corrected chi connectivity index (χ2v) is 5.68. The predicted octanol–water partition coefficient (Wildman–Crippen LogP) is 0.339. The lowest BCUT2D eigenvalue weighted by molar-refractivity contribution is -0.133. The molecule has 3 unspecified atom stereocenters. The van der Waals surface area contributed by atoms with E-state index in [0.29, 0.717) is 11.9 Å². The standard InChI is InChI=1S/C13H23N3O/c17-13(16-7-5-14-6-8-16)12-9-10-3-1-2-4-11(10)15-12/h10-12,14-15H,1-9H2. The van der Waals surface area contributed by atoms with E-state index in [9.17, 15) is 4.79 Å². The number of hydrogen-bond acceptors (Lipinski definition) is 3. The van der Waals surface area contributed by atoms with Crippen molar-refractivity contribution in [2.24, 2.45) is 5.92 Å². The van der Waals surface area contributed by atoms with E-state index >= 15 is 0 Å². The maximum Gasteiger partial charge on any atom is 0.239 e. The van der Waals surface area contributed by atoms with Crippen LogP contribution in [0.15, 0.2) is 0 Å². The topological polar surface area (TPSA) is 44.4 Å². The monoisotopic (exact) mass is 237 g/mol. The summed E-state index contributed by atoms with van der Waals surface area (Å²) < 4.78 is 0. The minimum absolute atomic E-state index is 0.112. The normalized spacial score (nSPS) is 37.9. The van der Waals surface area contributed by atoms with Crippen molar-refractivity contribution in [2.45, 2.75) is 44.2 Å². The van der Waals surface area contributed by atoms with E-state index in [0.717, 1.165) is 38.5 Å². The van der Waals surface area contributed by atoms with Crippen LogP contribution < -0.4 is 10.6 Å². The molecule has 0 radical (unpaired) electrons. The predicted molar refractivity (Wildman–Crippen MR) is 66.7 cm³/mol. The van der Waals surface area contributed by atoms with Crippen molar-refractivity contribution in [3.8, 4) is 0 Å². The van der Waals surface area contributed by atoms with E-state index in [2.05, 4.69) is 10.6 Å². The molecule has 0 spiro atoms. The van der Waals surface area contributed by atoms with Crippen LogP contribution in [0.4, 0.5) is 0 Å². The Morgan fingerprint density at radius 2 is 1.88 bits per heavy atom. The van der Waals surface area contributed by atoms with Gasteiger partial charge < -0.3 is 15.5 Å². The molecule has 3 fully saturated rings. The highest BCUT2D eigenvalue weighted by atomic mass is 16.2. The van der Waals surface area contributed by atoms with Crippen LogP contribution in [0.25, 0.3) is 0 Å². The van der Waals surface area contributed by atoms with Crippen LogP contribution in [-0.2, 0) is 4.79 Å². The Morgan fingerprint density at radius 1 is 1.12 bits per heavy atom. The first-order chi connectivity index (χ1) is 8.34. The van der Waals surface area contributed by atoms with Gasteiger partial charge in [0.1, 0.15) is 0 Å². The molecule has 0 aromatic heterocycles. The molecule has 3 aliphatic rings. The largest absolute Gasteiger partial charge is 0.339 e. The molecule has 1 aliphatic carbocycles. The summed E-state index contributed by atoms with van der Waals surface area (Å²) in [7, 11) is 0. The van der Waals surface area contributed by atoms with Gasteiger partial charge in [0.25, 0.3) is 0 Å². The first-order valence-electron chi connectivity index (χ1n) is 7.10. The third-order valence-electron chi connectivity index (χ3n) is 4.59. The van der Waals surface area contributed by atoms with Crippen LogP contribution in [0, 0.1) is 5.92 Å². The quantitative estimate of drug-likeness (QED) is 0.691. The fourth-order valence-corrected chi connectivity index (χ4v) is 3.62. The molecule has 17 heavy (non-hydrogen) atoms. The second-order valence-electron chi connectivity index (χ2n) is 5.68. The van der Waals surface area contributed by atoms with Crippen molar-refractivity contribution >= 4 is 5.91 Å². The Labute approximate surface area is 103 Å². The van der Waals surface area contributed by atoms with Crippen molar-refractivity contribution in [3.05, 3.63) is 0 Å². The molecule has 0 aromatic carbocycles. The number of nitrogens with one attached hydrogen (secondary N) is 2. The number of piperazine rings is 1. The molecule has 4 nitrogen and oxygen atoms in total. The number of hydrogen-bond donors (Lipinski definition) is 2. The summed E-state index contributed by atoms with van der Waals surface area (Å²) in [6.45, 7) is 3.66. The van der Waals surface area contributed by atoms with Gasteiger partial charge in [0, 0.05) is 32.2 Å². The molecule has 2 saturated heterocycles. The van der Waals surface area contributed by atoms with Gasteiger partial charge in [-0.15, -0.1) is 0 Å². The Balaban J connectivity index is 1.59. The van der Waals surface area contributed by atoms with Crippen molar-refractivity contribution in [1.82, 2.24) is 15.5 Å². The fourth-order valence-electron chi connectivity index (χ4n) is 3.62. The Morgan fingerprint density at radius 3 is 2.65 bits per heavy atom. The lowest BCUT2D eigenvalue weighted by Crippen LogP contribution is -2.52. The number of nitrogens with zero attached hydrogens (tertiary/aromatic N) is 1. The second kappa shape index (κ2) is 4.94. The van der Waals surface area contributed by atoms with Gasteiger partial charge in [-0.25, -0.2) is 0 Å². The number of amides is 1. The molecular weight excluding hydrogens is 214 g/mol. The molecule has 2 N–H and O–H groups in total. The van der Waals surface area contributed by atoms with Crippen molar-refractivity contribution in [2.75, 3.05) is 26.2 Å². The number of rotatable bonds is 1. The van der Waals surface area contributed by atoms with Crippen LogP contribution >= 0.6 is 0 Å². The molecule has 0 aromatic rings. The smallest absolute Gasteiger partial charge is 0.239 e. The van der Waals surface area contributed by atoms with E-state index in [1.54, 1.807) is 0 Å². The zero-order chi connectivity index (χ0) is 11.7. The molecule has 1 amide bonds. The number of fused-ring (bicyclic) bond motifs is 1. The number of carbonyl (C=O) groups is 1. The van der Waals surface area contributed by atoms with Crippen molar-refractivity contribution in [3.63, 3.8) is 0 Å². The fraction of sp³-hybridized carbons (Fsp3) is 0.923. The summed E-state index contributed by atoms with van der Waals surface area (Å²) in [5.74, 6) is 1.11. The third kappa shape index (κ3) is 2.33. The van der Waals surface area contributed by atoms with Gasteiger partial charge in [-0.2, -0.15) is 0 Å². The summed E-state index contributed by atoms with van der Waals surface area (Å²) in [4.78, 5) is 14.4. The van der Waals surface area contributed by atoms with Gasteiger partial charge >= 0.3 is 0 Å². The molecule has 96 valence electrons. The van der Waals surface area contributed by atoms with Crippen LogP contribution in [0.3, 0.4) is 0 Å². The summed E-state index contributed by atoms with van der Waals surface area (Å²) in [5.41, 5.74) is 0. The minimum Gasteiger partial charge on any atom is -0.339 e. The summed E-state index contributed by atoms with van der Waals surface area (Å²) >= 11 is 0. The average molecular weight is 237 g/mol. The Hall–Kier alpha value is -0.610. The van der Waals surface area contributed by atoms with Gasteiger partial charge in [0.15, 0.2) is 0 Å². The highest BCUT2D eigenvalue weighted by molar-refractivity contribution is 5.82.